The van der Waals surface area contributed by atoms with Crippen molar-refractivity contribution in [1.29, 1.82) is 0 Å². The van der Waals surface area contributed by atoms with Crippen molar-refractivity contribution in [2.75, 3.05) is 13.1 Å². The fourth-order valence-corrected chi connectivity index (χ4v) is 3.89. The fourth-order valence-electron chi connectivity index (χ4n) is 3.69. The molecule has 1 saturated carbocycles. The molecule has 2 N–H and O–H groups in total. The van der Waals surface area contributed by atoms with E-state index in [9.17, 15) is 0 Å². The van der Waals surface area contributed by atoms with Crippen molar-refractivity contribution in [1.82, 2.24) is 4.90 Å². The summed E-state index contributed by atoms with van der Waals surface area (Å²) in [5.41, 5.74) is 6.81. The van der Waals surface area contributed by atoms with Gasteiger partial charge in [-0.1, -0.05) is 6.92 Å². The van der Waals surface area contributed by atoms with Gasteiger partial charge in [0, 0.05) is 19.1 Å². The third kappa shape index (κ3) is 2.27. The van der Waals surface area contributed by atoms with Gasteiger partial charge in [-0.15, -0.1) is 0 Å². The third-order valence-corrected chi connectivity index (χ3v) is 5.01. The van der Waals surface area contributed by atoms with E-state index in [-0.39, 0.29) is 4.87 Å². The van der Waals surface area contributed by atoms with Crippen LogP contribution in [0.2, 0.25) is 0 Å². The first-order valence-corrected chi connectivity index (χ1v) is 7.01. The second kappa shape index (κ2) is 4.18. The Morgan fingerprint density at radius 2 is 1.88 bits per heavy atom. The highest BCUT2D eigenvalue weighted by atomic mass is 32.1. The highest BCUT2D eigenvalue weighted by Crippen LogP contribution is 2.48. The highest BCUT2D eigenvalue weighted by Gasteiger charge is 2.46. The molecule has 94 valence electrons. The molecule has 1 heterocycles. The first kappa shape index (κ1) is 12.7. The molecule has 0 amide bonds. The van der Waals surface area contributed by atoms with E-state index in [0.717, 1.165) is 19.0 Å². The largest absolute Gasteiger partial charge is 0.327 e. The molecule has 0 unspecified atom stereocenters. The smallest absolute Gasteiger partial charge is 0.0583 e. The average Bonchev–Trinajstić information content (AvgIpc) is 2.41. The molecule has 0 aromatic carbocycles. The predicted molar refractivity (Wildman–Crippen MR) is 72.7 cm³/mol. The van der Waals surface area contributed by atoms with Crippen molar-refractivity contribution in [3.05, 3.63) is 0 Å². The Morgan fingerprint density at radius 3 is 2.25 bits per heavy atom. The second-order valence-electron chi connectivity index (χ2n) is 6.50. The molecule has 2 nitrogen and oxygen atoms in total. The molecule has 1 aliphatic carbocycles. The maximum absolute atomic E-state index is 6.35. The molecule has 3 heteroatoms. The molecule has 16 heavy (non-hydrogen) atoms. The van der Waals surface area contributed by atoms with Crippen molar-refractivity contribution < 1.29 is 0 Å². The van der Waals surface area contributed by atoms with Crippen LogP contribution < -0.4 is 5.73 Å². The monoisotopic (exact) mass is 242 g/mol. The van der Waals surface area contributed by atoms with E-state index >= 15 is 0 Å². The number of nitrogens with two attached hydrogens (primary N) is 1. The zero-order chi connectivity index (χ0) is 12.0. The van der Waals surface area contributed by atoms with Crippen LogP contribution >= 0.6 is 12.6 Å². The van der Waals surface area contributed by atoms with Crippen molar-refractivity contribution in [3.8, 4) is 0 Å². The average molecular weight is 242 g/mol. The molecule has 1 aliphatic heterocycles. The molecule has 0 aromatic heterocycles. The number of nitrogens with zero attached hydrogens (tertiary/aromatic N) is 1. The van der Waals surface area contributed by atoms with Crippen LogP contribution in [0.3, 0.4) is 0 Å². The van der Waals surface area contributed by atoms with E-state index in [4.69, 9.17) is 5.73 Å². The van der Waals surface area contributed by atoms with Crippen LogP contribution in [0, 0.1) is 11.3 Å². The molecule has 0 radical (unpaired) electrons. The van der Waals surface area contributed by atoms with Crippen LogP contribution in [0.1, 0.15) is 46.5 Å². The summed E-state index contributed by atoms with van der Waals surface area (Å²) in [6.07, 6.45) is 5.10. The first-order chi connectivity index (χ1) is 7.33. The Bertz CT molecular complexity index is 251. The quantitative estimate of drug-likeness (QED) is 0.692. The van der Waals surface area contributed by atoms with Gasteiger partial charge in [0.25, 0.3) is 0 Å². The summed E-state index contributed by atoms with van der Waals surface area (Å²) in [7, 11) is 0. The minimum atomic E-state index is 0.0237. The SMILES string of the molecule is C[C@H]1C[C@@H](N)C2(CCN(C(C)(C)S)CC2)C1. The van der Waals surface area contributed by atoms with Gasteiger partial charge in [0.1, 0.15) is 0 Å². The van der Waals surface area contributed by atoms with E-state index in [1.54, 1.807) is 0 Å². The highest BCUT2D eigenvalue weighted by molar-refractivity contribution is 7.81. The van der Waals surface area contributed by atoms with Gasteiger partial charge in [0.15, 0.2) is 0 Å². The van der Waals surface area contributed by atoms with E-state index in [2.05, 4.69) is 38.3 Å². The van der Waals surface area contributed by atoms with Gasteiger partial charge >= 0.3 is 0 Å². The summed E-state index contributed by atoms with van der Waals surface area (Å²) < 4.78 is 0. The van der Waals surface area contributed by atoms with E-state index in [1.165, 1.54) is 25.7 Å². The minimum absolute atomic E-state index is 0.0237. The summed E-state index contributed by atoms with van der Waals surface area (Å²) in [5.74, 6) is 0.825. The molecule has 0 aromatic rings. The van der Waals surface area contributed by atoms with Gasteiger partial charge in [-0.05, 0) is 50.9 Å². The molecular weight excluding hydrogens is 216 g/mol. The summed E-state index contributed by atoms with van der Waals surface area (Å²) in [5, 5.41) is 0. The Hall–Kier alpha value is 0.270. The van der Waals surface area contributed by atoms with Crippen LogP contribution in [0.5, 0.6) is 0 Å². The number of hydrogen-bond donors (Lipinski definition) is 2. The molecule has 2 atom stereocenters. The van der Waals surface area contributed by atoms with Crippen LogP contribution in [0.4, 0.5) is 0 Å². The molecule has 2 rings (SSSR count). The zero-order valence-electron chi connectivity index (χ0n) is 10.9. The molecule has 2 aliphatic rings. The van der Waals surface area contributed by atoms with Gasteiger partial charge < -0.3 is 5.73 Å². The maximum Gasteiger partial charge on any atom is 0.0583 e. The maximum atomic E-state index is 6.35. The molecule has 0 bridgehead atoms. The third-order valence-electron chi connectivity index (χ3n) is 4.73. The van der Waals surface area contributed by atoms with Crippen molar-refractivity contribution >= 4 is 12.6 Å². The topological polar surface area (TPSA) is 29.3 Å². The Labute approximate surface area is 105 Å². The summed E-state index contributed by atoms with van der Waals surface area (Å²) >= 11 is 4.66. The number of likely N-dealkylation sites (tertiary alicyclic amines) is 1. The molecule has 2 fully saturated rings. The Morgan fingerprint density at radius 1 is 1.31 bits per heavy atom. The van der Waals surface area contributed by atoms with Gasteiger partial charge in [-0.25, -0.2) is 0 Å². The number of hydrogen-bond acceptors (Lipinski definition) is 3. The van der Waals surface area contributed by atoms with Gasteiger partial charge in [-0.2, -0.15) is 12.6 Å². The minimum Gasteiger partial charge on any atom is -0.327 e. The summed E-state index contributed by atoms with van der Waals surface area (Å²) in [4.78, 5) is 2.51. The van der Waals surface area contributed by atoms with Crippen molar-refractivity contribution in [3.63, 3.8) is 0 Å². The lowest BCUT2D eigenvalue weighted by molar-refractivity contribution is 0.0640. The lowest BCUT2D eigenvalue weighted by Gasteiger charge is -2.46. The lowest BCUT2D eigenvalue weighted by Crippen LogP contribution is -2.51. The normalized spacial score (nSPS) is 35.8. The molecular formula is C13H26N2S. The lowest BCUT2D eigenvalue weighted by atomic mass is 9.74. The van der Waals surface area contributed by atoms with E-state index < -0.39 is 0 Å². The van der Waals surface area contributed by atoms with Crippen LogP contribution in [-0.2, 0) is 0 Å². The van der Waals surface area contributed by atoms with Gasteiger partial charge in [0.2, 0.25) is 0 Å². The van der Waals surface area contributed by atoms with E-state index in [1.807, 2.05) is 0 Å². The van der Waals surface area contributed by atoms with Crippen LogP contribution in [0.15, 0.2) is 0 Å². The van der Waals surface area contributed by atoms with Crippen molar-refractivity contribution in [2.24, 2.45) is 17.1 Å². The number of rotatable bonds is 1. The summed E-state index contributed by atoms with van der Waals surface area (Å²) in [6.45, 7) is 9.05. The second-order valence-corrected chi connectivity index (χ2v) is 7.59. The summed E-state index contributed by atoms with van der Waals surface area (Å²) in [6, 6.07) is 0.438. The number of thiol groups is 1. The fraction of sp³-hybridized carbons (Fsp3) is 1.00. The first-order valence-electron chi connectivity index (χ1n) is 6.56. The van der Waals surface area contributed by atoms with Crippen LogP contribution in [-0.4, -0.2) is 28.9 Å². The van der Waals surface area contributed by atoms with E-state index in [0.29, 0.717) is 11.5 Å². The number of piperidine rings is 1. The Balaban J connectivity index is 1.99. The van der Waals surface area contributed by atoms with Crippen LogP contribution in [0.25, 0.3) is 0 Å². The molecule has 1 saturated heterocycles. The Kier molecular flexibility index (Phi) is 3.32. The molecule has 1 spiro atoms. The zero-order valence-corrected chi connectivity index (χ0v) is 11.8. The van der Waals surface area contributed by atoms with Crippen molar-refractivity contribution in [2.45, 2.75) is 57.4 Å². The predicted octanol–water partition coefficient (Wildman–Crippen LogP) is 2.49. The standard InChI is InChI=1S/C13H26N2S/c1-10-8-11(14)13(9-10)4-6-15(7-5-13)12(2,3)16/h10-11,16H,4-9,14H2,1-3H3/t10-,11+/m0/s1. The van der Waals surface area contributed by atoms with Gasteiger partial charge in [-0.3, -0.25) is 4.90 Å². The van der Waals surface area contributed by atoms with Gasteiger partial charge in [0.05, 0.1) is 4.87 Å².